The first-order chi connectivity index (χ1) is 10.3. The molecule has 0 bridgehead atoms. The molecule has 0 aromatic heterocycles. The van der Waals surface area contributed by atoms with Crippen molar-refractivity contribution < 1.29 is 17.6 Å². The normalized spacial score (nSPS) is 22.0. The number of hydrogen-bond acceptors (Lipinski definition) is 3. The van der Waals surface area contributed by atoms with Gasteiger partial charge in [0.05, 0.1) is 11.8 Å². The van der Waals surface area contributed by atoms with Crippen LogP contribution in [0, 0.1) is 11.7 Å². The van der Waals surface area contributed by atoms with Crippen molar-refractivity contribution in [2.45, 2.75) is 32.2 Å². The maximum absolute atomic E-state index is 14.0. The molecule has 1 aromatic rings. The van der Waals surface area contributed by atoms with Crippen LogP contribution in [0.4, 0.5) is 4.39 Å². The van der Waals surface area contributed by atoms with Gasteiger partial charge in [-0.15, -0.1) is 0 Å². The Kier molecular flexibility index (Phi) is 5.21. The monoisotopic (exact) mass is 327 g/mol. The third kappa shape index (κ3) is 4.29. The summed E-state index contributed by atoms with van der Waals surface area (Å²) in [6.07, 6.45) is 2.40. The highest BCUT2D eigenvalue weighted by Crippen LogP contribution is 2.36. The minimum atomic E-state index is -3.06. The molecule has 6 heteroatoms. The average molecular weight is 327 g/mol. The fourth-order valence-corrected chi connectivity index (χ4v) is 3.66. The largest absolute Gasteiger partial charge is 0.335 e. The Morgan fingerprint density at radius 2 is 2.05 bits per heavy atom. The molecule has 0 radical (unpaired) electrons. The number of nitrogens with zero attached hydrogens (tertiary/aromatic N) is 1. The van der Waals surface area contributed by atoms with Gasteiger partial charge in [-0.05, 0) is 24.8 Å². The van der Waals surface area contributed by atoms with Crippen molar-refractivity contribution in [1.82, 2.24) is 4.90 Å². The predicted octanol–water partition coefficient (Wildman–Crippen LogP) is 2.56. The predicted molar refractivity (Wildman–Crippen MR) is 83.6 cm³/mol. The van der Waals surface area contributed by atoms with E-state index in [2.05, 4.69) is 0 Å². The summed E-state index contributed by atoms with van der Waals surface area (Å²) in [6, 6.07) is 6.28. The number of likely N-dealkylation sites (tertiary alicyclic amines) is 1. The maximum Gasteiger partial charge on any atom is 0.223 e. The summed E-state index contributed by atoms with van der Waals surface area (Å²) < 4.78 is 36.3. The summed E-state index contributed by atoms with van der Waals surface area (Å²) in [5.41, 5.74) is 0.545. The van der Waals surface area contributed by atoms with Gasteiger partial charge < -0.3 is 4.90 Å². The summed E-state index contributed by atoms with van der Waals surface area (Å²) in [6.45, 7) is 2.63. The van der Waals surface area contributed by atoms with Crippen molar-refractivity contribution >= 4 is 15.7 Å². The molecular weight excluding hydrogens is 305 g/mol. The second-order valence-corrected chi connectivity index (χ2v) is 8.42. The summed E-state index contributed by atoms with van der Waals surface area (Å²) in [5.74, 6) is -0.0767. The molecule has 2 atom stereocenters. The van der Waals surface area contributed by atoms with Gasteiger partial charge in [0.25, 0.3) is 0 Å². The Balaban J connectivity index is 2.08. The van der Waals surface area contributed by atoms with E-state index in [1.54, 1.807) is 23.1 Å². The number of hydrogen-bond donors (Lipinski definition) is 0. The lowest BCUT2D eigenvalue weighted by Crippen LogP contribution is -2.31. The van der Waals surface area contributed by atoms with Gasteiger partial charge in [0.1, 0.15) is 15.7 Å². The zero-order chi connectivity index (χ0) is 16.3. The minimum Gasteiger partial charge on any atom is -0.335 e. The molecule has 0 N–H and O–H groups in total. The second-order valence-electron chi connectivity index (χ2n) is 6.16. The molecule has 0 unspecified atom stereocenters. The van der Waals surface area contributed by atoms with Crippen LogP contribution in [0.3, 0.4) is 0 Å². The van der Waals surface area contributed by atoms with Gasteiger partial charge in [-0.2, -0.15) is 0 Å². The molecule has 1 saturated heterocycles. The van der Waals surface area contributed by atoms with Crippen molar-refractivity contribution in [3.63, 3.8) is 0 Å². The highest BCUT2D eigenvalue weighted by atomic mass is 32.2. The Bertz CT molecular complexity index is 645. The molecule has 1 amide bonds. The molecule has 0 saturated carbocycles. The van der Waals surface area contributed by atoms with Crippen LogP contribution in [0.25, 0.3) is 0 Å². The van der Waals surface area contributed by atoms with E-state index in [9.17, 15) is 17.6 Å². The molecule has 2 rings (SSSR count). The van der Waals surface area contributed by atoms with Gasteiger partial charge in [-0.25, -0.2) is 12.8 Å². The number of carbonyl (C=O) groups excluding carboxylic acids is 1. The van der Waals surface area contributed by atoms with E-state index in [0.29, 0.717) is 24.4 Å². The number of amides is 1. The highest BCUT2D eigenvalue weighted by molar-refractivity contribution is 7.90. The molecule has 1 aliphatic heterocycles. The molecule has 1 heterocycles. The van der Waals surface area contributed by atoms with E-state index in [-0.39, 0.29) is 29.9 Å². The maximum atomic E-state index is 14.0. The fourth-order valence-electron chi connectivity index (χ4n) is 2.99. The lowest BCUT2D eigenvalue weighted by Gasteiger charge is -2.25. The quantitative estimate of drug-likeness (QED) is 0.835. The highest BCUT2D eigenvalue weighted by Gasteiger charge is 2.35. The molecule has 0 spiro atoms. The van der Waals surface area contributed by atoms with Crippen LogP contribution in [0.1, 0.15) is 37.8 Å². The topological polar surface area (TPSA) is 54.5 Å². The molecule has 1 fully saturated rings. The van der Waals surface area contributed by atoms with Crippen LogP contribution < -0.4 is 0 Å². The number of benzene rings is 1. The van der Waals surface area contributed by atoms with E-state index < -0.39 is 9.84 Å². The molecule has 122 valence electrons. The summed E-state index contributed by atoms with van der Waals surface area (Å²) in [4.78, 5) is 14.1. The Morgan fingerprint density at radius 1 is 1.36 bits per heavy atom. The van der Waals surface area contributed by atoms with E-state index >= 15 is 0 Å². The number of carbonyl (C=O) groups is 1. The van der Waals surface area contributed by atoms with Crippen molar-refractivity contribution in [2.75, 3.05) is 18.6 Å². The zero-order valence-electron chi connectivity index (χ0n) is 13.0. The second kappa shape index (κ2) is 6.77. The van der Waals surface area contributed by atoms with Gasteiger partial charge in [0.15, 0.2) is 0 Å². The van der Waals surface area contributed by atoms with Crippen molar-refractivity contribution in [1.29, 1.82) is 0 Å². The summed E-state index contributed by atoms with van der Waals surface area (Å²) >= 11 is 0. The molecule has 1 aliphatic rings. The van der Waals surface area contributed by atoms with E-state index in [1.807, 2.05) is 6.92 Å². The van der Waals surface area contributed by atoms with Gasteiger partial charge >= 0.3 is 0 Å². The van der Waals surface area contributed by atoms with Crippen LogP contribution in [-0.2, 0) is 14.6 Å². The standard InChI is InChI=1S/C16H22FNO3S/c1-12-10-15(13-6-3-4-7-14(13)17)18(11-12)16(19)8-5-9-22(2,20)21/h3-4,6-7,12,15H,5,8-11H2,1-2H3/t12-,15-/m1/s1. The molecule has 22 heavy (non-hydrogen) atoms. The zero-order valence-corrected chi connectivity index (χ0v) is 13.8. The average Bonchev–Trinajstić information content (AvgIpc) is 2.79. The third-order valence-corrected chi connectivity index (χ3v) is 5.03. The minimum absolute atomic E-state index is 0.00645. The smallest absolute Gasteiger partial charge is 0.223 e. The van der Waals surface area contributed by atoms with Crippen molar-refractivity contribution in [3.8, 4) is 0 Å². The first-order valence-corrected chi connectivity index (χ1v) is 9.55. The van der Waals surface area contributed by atoms with Crippen LogP contribution >= 0.6 is 0 Å². The third-order valence-electron chi connectivity index (χ3n) is 4.00. The van der Waals surface area contributed by atoms with E-state index in [0.717, 1.165) is 12.7 Å². The number of halogens is 1. The summed E-state index contributed by atoms with van der Waals surface area (Å²) in [5, 5.41) is 0. The van der Waals surface area contributed by atoms with E-state index in [1.165, 1.54) is 6.07 Å². The van der Waals surface area contributed by atoms with Gasteiger partial charge in [-0.1, -0.05) is 25.1 Å². The van der Waals surface area contributed by atoms with Gasteiger partial charge in [0.2, 0.25) is 5.91 Å². The summed E-state index contributed by atoms with van der Waals surface area (Å²) in [7, 11) is -3.06. The molecule has 1 aromatic carbocycles. The number of sulfone groups is 1. The fraction of sp³-hybridized carbons (Fsp3) is 0.562. The Labute approximate surface area is 131 Å². The SMILES string of the molecule is C[C@@H]1C[C@H](c2ccccc2F)N(C(=O)CCCS(C)(=O)=O)C1. The van der Waals surface area contributed by atoms with Crippen molar-refractivity contribution in [2.24, 2.45) is 5.92 Å². The molecular formula is C16H22FNO3S. The van der Waals surface area contributed by atoms with Crippen LogP contribution in [0.5, 0.6) is 0 Å². The Morgan fingerprint density at radius 3 is 2.68 bits per heavy atom. The van der Waals surface area contributed by atoms with Crippen LogP contribution in [0.2, 0.25) is 0 Å². The number of rotatable bonds is 5. The lowest BCUT2D eigenvalue weighted by molar-refractivity contribution is -0.132. The first-order valence-electron chi connectivity index (χ1n) is 7.49. The molecule has 0 aliphatic carbocycles. The van der Waals surface area contributed by atoms with Gasteiger partial charge in [0, 0.05) is 24.8 Å². The first kappa shape index (κ1) is 16.9. The van der Waals surface area contributed by atoms with Gasteiger partial charge in [-0.3, -0.25) is 4.79 Å². The molecule has 4 nitrogen and oxygen atoms in total. The van der Waals surface area contributed by atoms with Crippen molar-refractivity contribution in [3.05, 3.63) is 35.6 Å². The van der Waals surface area contributed by atoms with Crippen LogP contribution in [-0.4, -0.2) is 37.8 Å². The van der Waals surface area contributed by atoms with Crippen LogP contribution in [0.15, 0.2) is 24.3 Å². The lowest BCUT2D eigenvalue weighted by atomic mass is 10.0. The Hall–Kier alpha value is -1.43. The van der Waals surface area contributed by atoms with E-state index in [4.69, 9.17) is 0 Å².